The lowest BCUT2D eigenvalue weighted by molar-refractivity contribution is 0.154. The van der Waals surface area contributed by atoms with E-state index in [0.717, 1.165) is 25.8 Å². The molecule has 1 atom stereocenters. The maximum atomic E-state index is 9.43. The van der Waals surface area contributed by atoms with Crippen LogP contribution in [0.25, 0.3) is 0 Å². The molecule has 1 aromatic rings. The first-order chi connectivity index (χ1) is 5.77. The molecule has 1 N–H and O–H groups in total. The summed E-state index contributed by atoms with van der Waals surface area (Å²) in [5.41, 5.74) is 2.55. The third-order valence-electron chi connectivity index (χ3n) is 2.55. The molecule has 66 valence electrons. The van der Waals surface area contributed by atoms with Gasteiger partial charge in [0, 0.05) is 12.2 Å². The van der Waals surface area contributed by atoms with Gasteiger partial charge in [0.1, 0.15) is 0 Å². The van der Waals surface area contributed by atoms with Crippen LogP contribution in [0.3, 0.4) is 0 Å². The number of fused-ring (bicyclic) bond motifs is 1. The molecule has 0 saturated carbocycles. The van der Waals surface area contributed by atoms with E-state index < -0.39 is 0 Å². The van der Waals surface area contributed by atoms with Gasteiger partial charge >= 0.3 is 0 Å². The molecule has 0 spiro atoms. The number of hydrogen-bond donors (Lipinski definition) is 1. The highest BCUT2D eigenvalue weighted by Crippen LogP contribution is 2.17. The monoisotopic (exact) mass is 166 g/mol. The van der Waals surface area contributed by atoms with E-state index in [0.29, 0.717) is 0 Å². The van der Waals surface area contributed by atoms with Gasteiger partial charge in [0.05, 0.1) is 12.3 Å². The van der Waals surface area contributed by atoms with E-state index in [9.17, 15) is 5.11 Å². The Morgan fingerprint density at radius 3 is 3.25 bits per heavy atom. The van der Waals surface area contributed by atoms with E-state index in [2.05, 4.69) is 12.0 Å². The second-order valence-corrected chi connectivity index (χ2v) is 3.48. The van der Waals surface area contributed by atoms with Crippen LogP contribution in [0.4, 0.5) is 0 Å². The minimum atomic E-state index is -0.133. The molecule has 2 heterocycles. The van der Waals surface area contributed by atoms with Gasteiger partial charge in [-0.15, -0.1) is 0 Å². The van der Waals surface area contributed by atoms with Crippen LogP contribution < -0.4 is 0 Å². The lowest BCUT2D eigenvalue weighted by Crippen LogP contribution is -2.07. The van der Waals surface area contributed by atoms with Gasteiger partial charge in [0.15, 0.2) is 0 Å². The number of aromatic nitrogens is 2. The highest BCUT2D eigenvalue weighted by molar-refractivity contribution is 5.16. The van der Waals surface area contributed by atoms with Gasteiger partial charge in [0.2, 0.25) is 0 Å². The van der Waals surface area contributed by atoms with Gasteiger partial charge in [-0.05, 0) is 31.7 Å². The van der Waals surface area contributed by atoms with Crippen molar-refractivity contribution >= 4 is 0 Å². The topological polar surface area (TPSA) is 38.0 Å². The summed E-state index contributed by atoms with van der Waals surface area (Å²) in [5.74, 6) is 0. The molecule has 2 rings (SSSR count). The highest BCUT2D eigenvalue weighted by Gasteiger charge is 2.15. The number of aliphatic hydroxyl groups is 1. The summed E-state index contributed by atoms with van der Waals surface area (Å²) in [6, 6.07) is 0. The number of aryl methyl sites for hydroxylation is 2. The molecular weight excluding hydrogens is 152 g/mol. The Labute approximate surface area is 72.0 Å². The predicted molar refractivity (Wildman–Crippen MR) is 45.9 cm³/mol. The summed E-state index contributed by atoms with van der Waals surface area (Å²) in [7, 11) is 0. The third-order valence-corrected chi connectivity index (χ3v) is 2.55. The molecule has 0 saturated heterocycles. The van der Waals surface area contributed by atoms with Crippen LogP contribution in [0.2, 0.25) is 0 Å². The third kappa shape index (κ3) is 1.25. The summed E-state index contributed by atoms with van der Waals surface area (Å²) < 4.78 is 2.02. The lowest BCUT2D eigenvalue weighted by atomic mass is 10.1. The second-order valence-electron chi connectivity index (χ2n) is 3.48. The van der Waals surface area contributed by atoms with Crippen molar-refractivity contribution in [2.45, 2.75) is 38.8 Å². The molecule has 3 nitrogen and oxygen atoms in total. The average molecular weight is 166 g/mol. The summed E-state index contributed by atoms with van der Waals surface area (Å²) in [6.45, 7) is 2.95. The lowest BCUT2D eigenvalue weighted by Gasteiger charge is -2.02. The van der Waals surface area contributed by atoms with E-state index in [-0.39, 0.29) is 6.10 Å². The Morgan fingerprint density at radius 2 is 2.42 bits per heavy atom. The van der Waals surface area contributed by atoms with Crippen molar-refractivity contribution in [1.82, 2.24) is 9.78 Å². The number of hydrogen-bond acceptors (Lipinski definition) is 2. The minimum Gasteiger partial charge on any atom is -0.393 e. The SMILES string of the molecule is Cc1cnn2c1CCC(O)CC2. The fourth-order valence-electron chi connectivity index (χ4n) is 1.74. The van der Waals surface area contributed by atoms with Crippen LogP contribution in [0.5, 0.6) is 0 Å². The zero-order valence-electron chi connectivity index (χ0n) is 7.32. The van der Waals surface area contributed by atoms with Gasteiger partial charge in [-0.2, -0.15) is 5.10 Å². The van der Waals surface area contributed by atoms with Crippen molar-refractivity contribution in [2.24, 2.45) is 0 Å². The Kier molecular flexibility index (Phi) is 1.89. The normalized spacial score (nSPS) is 23.3. The fourth-order valence-corrected chi connectivity index (χ4v) is 1.74. The molecule has 0 radical (unpaired) electrons. The van der Waals surface area contributed by atoms with Crippen molar-refractivity contribution < 1.29 is 5.11 Å². The van der Waals surface area contributed by atoms with Gasteiger partial charge in [0.25, 0.3) is 0 Å². The van der Waals surface area contributed by atoms with Crippen molar-refractivity contribution in [1.29, 1.82) is 0 Å². The molecule has 0 aromatic carbocycles. The van der Waals surface area contributed by atoms with Crippen LogP contribution in [0, 0.1) is 6.92 Å². The van der Waals surface area contributed by atoms with Crippen molar-refractivity contribution in [3.8, 4) is 0 Å². The Hall–Kier alpha value is -0.830. The summed E-state index contributed by atoms with van der Waals surface area (Å²) in [6.07, 6.45) is 4.46. The van der Waals surface area contributed by atoms with E-state index in [1.807, 2.05) is 10.9 Å². The standard InChI is InChI=1S/C9H14N2O/c1-7-6-10-11-5-4-8(12)2-3-9(7)11/h6,8,12H,2-5H2,1H3. The van der Waals surface area contributed by atoms with Crippen molar-refractivity contribution in [2.75, 3.05) is 0 Å². The Bertz CT molecular complexity index is 280. The molecule has 3 heteroatoms. The maximum absolute atomic E-state index is 9.43. The van der Waals surface area contributed by atoms with Gasteiger partial charge in [-0.1, -0.05) is 0 Å². The predicted octanol–water partition coefficient (Wildman–Crippen LogP) is 0.889. The fraction of sp³-hybridized carbons (Fsp3) is 0.667. The smallest absolute Gasteiger partial charge is 0.0561 e. The highest BCUT2D eigenvalue weighted by atomic mass is 16.3. The van der Waals surface area contributed by atoms with E-state index in [1.165, 1.54) is 11.3 Å². The van der Waals surface area contributed by atoms with E-state index in [1.54, 1.807) is 0 Å². The summed E-state index contributed by atoms with van der Waals surface area (Å²) >= 11 is 0. The van der Waals surface area contributed by atoms with Gasteiger partial charge < -0.3 is 5.11 Å². The largest absolute Gasteiger partial charge is 0.393 e. The zero-order chi connectivity index (χ0) is 8.55. The maximum Gasteiger partial charge on any atom is 0.0561 e. The molecule has 1 aromatic heterocycles. The quantitative estimate of drug-likeness (QED) is 0.621. The average Bonchev–Trinajstić information content (AvgIpc) is 2.28. The first-order valence-electron chi connectivity index (χ1n) is 4.46. The molecule has 1 aliphatic rings. The molecule has 0 amide bonds. The van der Waals surface area contributed by atoms with E-state index >= 15 is 0 Å². The van der Waals surface area contributed by atoms with Crippen LogP contribution in [0.15, 0.2) is 6.20 Å². The van der Waals surface area contributed by atoms with Crippen LogP contribution >= 0.6 is 0 Å². The first kappa shape index (κ1) is 7.80. The van der Waals surface area contributed by atoms with Crippen molar-refractivity contribution in [3.63, 3.8) is 0 Å². The number of aliphatic hydroxyl groups excluding tert-OH is 1. The zero-order valence-corrected chi connectivity index (χ0v) is 7.32. The Balaban J connectivity index is 2.28. The molecule has 1 aliphatic heterocycles. The molecule has 0 bridgehead atoms. The minimum absolute atomic E-state index is 0.133. The summed E-state index contributed by atoms with van der Waals surface area (Å²) in [5, 5.41) is 13.7. The van der Waals surface area contributed by atoms with Gasteiger partial charge in [-0.3, -0.25) is 4.68 Å². The summed E-state index contributed by atoms with van der Waals surface area (Å²) in [4.78, 5) is 0. The number of rotatable bonds is 0. The molecule has 1 unspecified atom stereocenters. The van der Waals surface area contributed by atoms with Crippen molar-refractivity contribution in [3.05, 3.63) is 17.5 Å². The first-order valence-corrected chi connectivity index (χ1v) is 4.46. The molecule has 0 fully saturated rings. The molecule has 12 heavy (non-hydrogen) atoms. The molecular formula is C9H14N2O. The molecule has 0 aliphatic carbocycles. The van der Waals surface area contributed by atoms with Crippen LogP contribution in [0.1, 0.15) is 24.1 Å². The number of nitrogens with zero attached hydrogens (tertiary/aromatic N) is 2. The van der Waals surface area contributed by atoms with Crippen LogP contribution in [-0.4, -0.2) is 21.0 Å². The van der Waals surface area contributed by atoms with Gasteiger partial charge in [-0.25, -0.2) is 0 Å². The second kappa shape index (κ2) is 2.90. The van der Waals surface area contributed by atoms with E-state index in [4.69, 9.17) is 0 Å². The Morgan fingerprint density at radius 1 is 1.58 bits per heavy atom. The van der Waals surface area contributed by atoms with Crippen LogP contribution in [-0.2, 0) is 13.0 Å².